The van der Waals surface area contributed by atoms with E-state index >= 15 is 0 Å². The summed E-state index contributed by atoms with van der Waals surface area (Å²) in [5, 5.41) is 0. The Balaban J connectivity index is 1.97. The summed E-state index contributed by atoms with van der Waals surface area (Å²) in [4.78, 5) is 11.5. The first-order valence-electron chi connectivity index (χ1n) is 6.30. The highest BCUT2D eigenvalue weighted by atomic mass is 32.2. The van der Waals surface area contributed by atoms with Crippen molar-refractivity contribution >= 4 is 15.8 Å². The largest absolute Gasteiger partial charge is 0.299 e. The molecule has 17 heavy (non-hydrogen) atoms. The molecule has 1 aliphatic heterocycles. The van der Waals surface area contributed by atoms with Gasteiger partial charge in [-0.1, -0.05) is 0 Å². The number of hydrogen-bond donors (Lipinski definition) is 0. The van der Waals surface area contributed by atoms with Crippen LogP contribution in [0.4, 0.5) is 0 Å². The standard InChI is InChI=1S/C12H21NO3S/c1-10(14)12(5-6-12)8-11-4-3-7-13(9-11)17(2,15)16/h11H,3-9H2,1-2H3. The highest BCUT2D eigenvalue weighted by Crippen LogP contribution is 2.52. The summed E-state index contributed by atoms with van der Waals surface area (Å²) in [5.74, 6) is 0.652. The molecule has 0 N–H and O–H groups in total. The van der Waals surface area contributed by atoms with Crippen LogP contribution in [-0.4, -0.2) is 37.9 Å². The Morgan fingerprint density at radius 1 is 1.41 bits per heavy atom. The summed E-state index contributed by atoms with van der Waals surface area (Å²) in [6.07, 6.45) is 6.13. The van der Waals surface area contributed by atoms with Gasteiger partial charge in [-0.3, -0.25) is 4.79 Å². The lowest BCUT2D eigenvalue weighted by atomic mass is 9.85. The van der Waals surface area contributed by atoms with E-state index in [4.69, 9.17) is 0 Å². The van der Waals surface area contributed by atoms with E-state index in [2.05, 4.69) is 0 Å². The minimum Gasteiger partial charge on any atom is -0.299 e. The Morgan fingerprint density at radius 3 is 2.53 bits per heavy atom. The van der Waals surface area contributed by atoms with Crippen molar-refractivity contribution in [2.75, 3.05) is 19.3 Å². The highest BCUT2D eigenvalue weighted by molar-refractivity contribution is 7.88. The first-order valence-corrected chi connectivity index (χ1v) is 8.14. The van der Waals surface area contributed by atoms with Crippen LogP contribution in [0.3, 0.4) is 0 Å². The topological polar surface area (TPSA) is 54.5 Å². The van der Waals surface area contributed by atoms with Crippen LogP contribution in [0.5, 0.6) is 0 Å². The Labute approximate surface area is 103 Å². The van der Waals surface area contributed by atoms with Gasteiger partial charge < -0.3 is 0 Å². The summed E-state index contributed by atoms with van der Waals surface area (Å²) >= 11 is 0. The maximum atomic E-state index is 11.5. The Kier molecular flexibility index (Phi) is 3.34. The molecule has 0 aromatic rings. The average molecular weight is 259 g/mol. The summed E-state index contributed by atoms with van der Waals surface area (Å²) in [6.45, 7) is 2.92. The van der Waals surface area contributed by atoms with Crippen molar-refractivity contribution in [2.45, 2.75) is 39.0 Å². The maximum Gasteiger partial charge on any atom is 0.211 e. The van der Waals surface area contributed by atoms with Gasteiger partial charge in [0.1, 0.15) is 5.78 Å². The first kappa shape index (κ1) is 13.0. The number of Topliss-reactive ketones (excluding diaryl/α,β-unsaturated/α-hetero) is 1. The molecule has 0 aromatic carbocycles. The van der Waals surface area contributed by atoms with E-state index in [9.17, 15) is 13.2 Å². The molecule has 1 saturated carbocycles. The van der Waals surface area contributed by atoms with Crippen LogP contribution >= 0.6 is 0 Å². The van der Waals surface area contributed by atoms with E-state index in [-0.39, 0.29) is 11.2 Å². The summed E-state index contributed by atoms with van der Waals surface area (Å²) < 4.78 is 24.6. The quantitative estimate of drug-likeness (QED) is 0.767. The zero-order chi connectivity index (χ0) is 12.7. The van der Waals surface area contributed by atoms with Crippen LogP contribution in [0.2, 0.25) is 0 Å². The SMILES string of the molecule is CC(=O)C1(CC2CCCN(S(C)(=O)=O)C2)CC1. The Bertz CT molecular complexity index is 411. The number of nitrogens with zero attached hydrogens (tertiary/aromatic N) is 1. The van der Waals surface area contributed by atoms with E-state index in [1.165, 1.54) is 6.26 Å². The number of rotatable bonds is 4. The number of carbonyl (C=O) groups is 1. The molecular weight excluding hydrogens is 238 g/mol. The van der Waals surface area contributed by atoms with Crippen LogP contribution < -0.4 is 0 Å². The van der Waals surface area contributed by atoms with Crippen molar-refractivity contribution in [3.05, 3.63) is 0 Å². The van der Waals surface area contributed by atoms with Crippen LogP contribution in [0.1, 0.15) is 39.0 Å². The van der Waals surface area contributed by atoms with Gasteiger partial charge in [0, 0.05) is 18.5 Å². The third-order valence-electron chi connectivity index (χ3n) is 4.23. The molecular formula is C12H21NO3S. The molecule has 1 unspecified atom stereocenters. The molecule has 2 aliphatic rings. The fourth-order valence-electron chi connectivity index (χ4n) is 2.90. The van der Waals surface area contributed by atoms with Crippen molar-refractivity contribution < 1.29 is 13.2 Å². The second kappa shape index (κ2) is 4.35. The lowest BCUT2D eigenvalue weighted by Crippen LogP contribution is -2.40. The monoisotopic (exact) mass is 259 g/mol. The second-order valence-corrected chi connectivity index (χ2v) is 7.65. The number of piperidine rings is 1. The predicted molar refractivity (Wildman–Crippen MR) is 66.1 cm³/mol. The third-order valence-corrected chi connectivity index (χ3v) is 5.50. The molecule has 2 fully saturated rings. The van der Waals surface area contributed by atoms with Crippen molar-refractivity contribution in [3.8, 4) is 0 Å². The van der Waals surface area contributed by atoms with Crippen LogP contribution in [0, 0.1) is 11.3 Å². The summed E-state index contributed by atoms with van der Waals surface area (Å²) in [7, 11) is -3.07. The maximum absolute atomic E-state index is 11.5. The van der Waals surface area contributed by atoms with E-state index in [1.54, 1.807) is 11.2 Å². The van der Waals surface area contributed by atoms with E-state index in [0.717, 1.165) is 32.1 Å². The van der Waals surface area contributed by atoms with Gasteiger partial charge in [-0.25, -0.2) is 12.7 Å². The third kappa shape index (κ3) is 2.88. The molecule has 0 amide bonds. The summed E-state index contributed by atoms with van der Waals surface area (Å²) in [6, 6.07) is 0. The van der Waals surface area contributed by atoms with E-state index < -0.39 is 10.0 Å². The fraction of sp³-hybridized carbons (Fsp3) is 0.917. The number of hydrogen-bond acceptors (Lipinski definition) is 3. The van der Waals surface area contributed by atoms with Gasteiger partial charge in [0.25, 0.3) is 0 Å². The zero-order valence-electron chi connectivity index (χ0n) is 10.6. The minimum atomic E-state index is -3.07. The van der Waals surface area contributed by atoms with Crippen LogP contribution in [-0.2, 0) is 14.8 Å². The molecule has 98 valence electrons. The molecule has 0 spiro atoms. The van der Waals surface area contributed by atoms with Gasteiger partial charge in [-0.2, -0.15) is 0 Å². The molecule has 1 aliphatic carbocycles. The van der Waals surface area contributed by atoms with Crippen molar-refractivity contribution in [3.63, 3.8) is 0 Å². The molecule has 0 aromatic heterocycles. The molecule has 4 nitrogen and oxygen atoms in total. The molecule has 1 heterocycles. The molecule has 1 saturated heterocycles. The van der Waals surface area contributed by atoms with E-state index in [0.29, 0.717) is 19.0 Å². The highest BCUT2D eigenvalue weighted by Gasteiger charge is 2.48. The van der Waals surface area contributed by atoms with Crippen LogP contribution in [0.25, 0.3) is 0 Å². The number of ketones is 1. The lowest BCUT2D eigenvalue weighted by molar-refractivity contribution is -0.122. The number of carbonyl (C=O) groups excluding carboxylic acids is 1. The van der Waals surface area contributed by atoms with Gasteiger partial charge in [-0.05, 0) is 44.9 Å². The van der Waals surface area contributed by atoms with Gasteiger partial charge in [0.2, 0.25) is 10.0 Å². The lowest BCUT2D eigenvalue weighted by Gasteiger charge is -2.32. The van der Waals surface area contributed by atoms with Gasteiger partial charge in [0.05, 0.1) is 6.26 Å². The van der Waals surface area contributed by atoms with Crippen molar-refractivity contribution in [1.29, 1.82) is 0 Å². The second-order valence-electron chi connectivity index (χ2n) is 5.67. The first-order chi connectivity index (χ1) is 7.83. The predicted octanol–water partition coefficient (Wildman–Crippen LogP) is 1.42. The van der Waals surface area contributed by atoms with Gasteiger partial charge >= 0.3 is 0 Å². The molecule has 0 bridgehead atoms. The smallest absolute Gasteiger partial charge is 0.211 e. The minimum absolute atomic E-state index is 0.0921. The summed E-state index contributed by atoms with van der Waals surface area (Å²) in [5.41, 5.74) is -0.0921. The number of sulfonamides is 1. The van der Waals surface area contributed by atoms with Crippen molar-refractivity contribution in [2.24, 2.45) is 11.3 Å². The fourth-order valence-corrected chi connectivity index (χ4v) is 3.84. The van der Waals surface area contributed by atoms with Crippen molar-refractivity contribution in [1.82, 2.24) is 4.31 Å². The average Bonchev–Trinajstić information content (AvgIpc) is 2.98. The molecule has 1 atom stereocenters. The van der Waals surface area contributed by atoms with Gasteiger partial charge in [0.15, 0.2) is 0 Å². The normalized spacial score (nSPS) is 28.9. The molecule has 5 heteroatoms. The zero-order valence-corrected chi connectivity index (χ0v) is 11.4. The molecule has 0 radical (unpaired) electrons. The Hall–Kier alpha value is -0.420. The van der Waals surface area contributed by atoms with Crippen LogP contribution in [0.15, 0.2) is 0 Å². The van der Waals surface area contributed by atoms with E-state index in [1.807, 2.05) is 0 Å². The molecule has 2 rings (SSSR count). The van der Waals surface area contributed by atoms with Gasteiger partial charge in [-0.15, -0.1) is 0 Å². The Morgan fingerprint density at radius 2 is 2.06 bits per heavy atom.